The van der Waals surface area contributed by atoms with Gasteiger partial charge >= 0.3 is 0 Å². The normalized spacial score (nSPS) is 12.7. The molecule has 1 atom stereocenters. The standard InChI is InChI=1S/C16H22N2O/c1-3-9-17-11-13(2)12-18-10-8-14-6-4-5-7-15(14)16(18)19/h4-8,10,13,17H,3,9,11-12H2,1-2H3. The molecule has 3 nitrogen and oxygen atoms in total. The van der Waals surface area contributed by atoms with Crippen LogP contribution in [0.25, 0.3) is 10.8 Å². The molecule has 0 saturated heterocycles. The number of pyridine rings is 1. The third kappa shape index (κ3) is 3.44. The van der Waals surface area contributed by atoms with Crippen LogP contribution in [0.4, 0.5) is 0 Å². The van der Waals surface area contributed by atoms with Crippen molar-refractivity contribution in [3.63, 3.8) is 0 Å². The van der Waals surface area contributed by atoms with E-state index in [1.165, 1.54) is 0 Å². The second-order valence-electron chi connectivity index (χ2n) is 5.17. The summed E-state index contributed by atoms with van der Waals surface area (Å²) in [6, 6.07) is 9.77. The van der Waals surface area contributed by atoms with E-state index < -0.39 is 0 Å². The molecule has 1 N–H and O–H groups in total. The Kier molecular flexibility index (Phi) is 4.74. The van der Waals surface area contributed by atoms with E-state index in [-0.39, 0.29) is 5.56 Å². The number of benzene rings is 1. The van der Waals surface area contributed by atoms with E-state index >= 15 is 0 Å². The molecule has 0 spiro atoms. The molecule has 0 radical (unpaired) electrons. The minimum Gasteiger partial charge on any atom is -0.316 e. The fourth-order valence-corrected chi connectivity index (χ4v) is 2.30. The molecule has 2 aromatic rings. The highest BCUT2D eigenvalue weighted by Gasteiger charge is 2.06. The second kappa shape index (κ2) is 6.53. The minimum absolute atomic E-state index is 0.112. The van der Waals surface area contributed by atoms with Gasteiger partial charge in [0.2, 0.25) is 0 Å². The highest BCUT2D eigenvalue weighted by atomic mass is 16.1. The number of nitrogens with zero attached hydrogens (tertiary/aromatic N) is 1. The lowest BCUT2D eigenvalue weighted by Crippen LogP contribution is -2.29. The zero-order valence-electron chi connectivity index (χ0n) is 11.7. The van der Waals surface area contributed by atoms with Crippen LogP contribution in [0, 0.1) is 5.92 Å². The molecule has 0 aliphatic carbocycles. The number of nitrogens with one attached hydrogen (secondary N) is 1. The van der Waals surface area contributed by atoms with Crippen molar-refractivity contribution in [2.45, 2.75) is 26.8 Å². The number of aromatic nitrogens is 1. The summed E-state index contributed by atoms with van der Waals surface area (Å²) < 4.78 is 1.82. The summed E-state index contributed by atoms with van der Waals surface area (Å²) in [4.78, 5) is 12.3. The first-order valence-electron chi connectivity index (χ1n) is 7.01. The van der Waals surface area contributed by atoms with Gasteiger partial charge in [-0.1, -0.05) is 32.0 Å². The number of hydrogen-bond donors (Lipinski definition) is 1. The van der Waals surface area contributed by atoms with Gasteiger partial charge in [-0.25, -0.2) is 0 Å². The van der Waals surface area contributed by atoms with E-state index in [9.17, 15) is 4.79 Å². The third-order valence-corrected chi connectivity index (χ3v) is 3.31. The maximum absolute atomic E-state index is 12.3. The van der Waals surface area contributed by atoms with Crippen LogP contribution in [0.2, 0.25) is 0 Å². The molecular weight excluding hydrogens is 236 g/mol. The molecule has 19 heavy (non-hydrogen) atoms. The maximum atomic E-state index is 12.3. The summed E-state index contributed by atoms with van der Waals surface area (Å²) in [6.07, 6.45) is 3.05. The van der Waals surface area contributed by atoms with E-state index in [1.54, 1.807) is 0 Å². The van der Waals surface area contributed by atoms with Crippen LogP contribution in [-0.4, -0.2) is 17.7 Å². The highest BCUT2D eigenvalue weighted by molar-refractivity contribution is 5.81. The lowest BCUT2D eigenvalue weighted by molar-refractivity contribution is 0.440. The minimum atomic E-state index is 0.112. The van der Waals surface area contributed by atoms with Gasteiger partial charge in [-0.3, -0.25) is 4.79 Å². The summed E-state index contributed by atoms with van der Waals surface area (Å²) >= 11 is 0. The largest absolute Gasteiger partial charge is 0.316 e. The number of fused-ring (bicyclic) bond motifs is 1. The molecular formula is C16H22N2O. The Bertz CT molecular complexity index is 589. The van der Waals surface area contributed by atoms with Gasteiger partial charge in [-0.05, 0) is 42.9 Å². The molecule has 1 aromatic carbocycles. The summed E-state index contributed by atoms with van der Waals surface area (Å²) in [5, 5.41) is 5.22. The SMILES string of the molecule is CCCNCC(C)Cn1ccc2ccccc2c1=O. The highest BCUT2D eigenvalue weighted by Crippen LogP contribution is 2.09. The molecule has 3 heteroatoms. The second-order valence-corrected chi connectivity index (χ2v) is 5.17. The summed E-state index contributed by atoms with van der Waals surface area (Å²) in [5.41, 5.74) is 0.112. The van der Waals surface area contributed by atoms with Crippen molar-refractivity contribution in [2.24, 2.45) is 5.92 Å². The Morgan fingerprint density at radius 1 is 1.26 bits per heavy atom. The van der Waals surface area contributed by atoms with Crippen LogP contribution >= 0.6 is 0 Å². The molecule has 1 aromatic heterocycles. The molecule has 0 bridgehead atoms. The Morgan fingerprint density at radius 3 is 2.84 bits per heavy atom. The van der Waals surface area contributed by atoms with E-state index in [0.29, 0.717) is 5.92 Å². The smallest absolute Gasteiger partial charge is 0.258 e. The average Bonchev–Trinajstić information content (AvgIpc) is 2.43. The predicted molar refractivity (Wildman–Crippen MR) is 80.5 cm³/mol. The number of rotatable bonds is 6. The molecule has 0 aliphatic rings. The molecule has 1 unspecified atom stereocenters. The molecule has 0 aliphatic heterocycles. The predicted octanol–water partition coefficient (Wildman–Crippen LogP) is 2.64. The van der Waals surface area contributed by atoms with E-state index in [1.807, 2.05) is 41.1 Å². The molecule has 0 saturated carbocycles. The van der Waals surface area contributed by atoms with Gasteiger partial charge in [-0.2, -0.15) is 0 Å². The van der Waals surface area contributed by atoms with Gasteiger partial charge in [-0.15, -0.1) is 0 Å². The van der Waals surface area contributed by atoms with Gasteiger partial charge in [0, 0.05) is 18.1 Å². The van der Waals surface area contributed by atoms with Crippen LogP contribution in [0.15, 0.2) is 41.3 Å². The fourth-order valence-electron chi connectivity index (χ4n) is 2.30. The van der Waals surface area contributed by atoms with Crippen molar-refractivity contribution >= 4 is 10.8 Å². The van der Waals surface area contributed by atoms with Crippen molar-refractivity contribution in [1.82, 2.24) is 9.88 Å². The third-order valence-electron chi connectivity index (χ3n) is 3.31. The van der Waals surface area contributed by atoms with Gasteiger partial charge in [0.05, 0.1) is 0 Å². The van der Waals surface area contributed by atoms with Crippen molar-refractivity contribution in [2.75, 3.05) is 13.1 Å². The topological polar surface area (TPSA) is 34.0 Å². The number of hydrogen-bond acceptors (Lipinski definition) is 2. The Balaban J connectivity index is 2.13. The first-order chi connectivity index (χ1) is 9.22. The van der Waals surface area contributed by atoms with Crippen LogP contribution in [0.1, 0.15) is 20.3 Å². The molecule has 0 amide bonds. The van der Waals surface area contributed by atoms with E-state index in [2.05, 4.69) is 19.2 Å². The monoisotopic (exact) mass is 258 g/mol. The van der Waals surface area contributed by atoms with Gasteiger partial charge in [0.15, 0.2) is 0 Å². The van der Waals surface area contributed by atoms with Crippen molar-refractivity contribution in [3.05, 3.63) is 46.9 Å². The van der Waals surface area contributed by atoms with Gasteiger partial charge in [0.1, 0.15) is 0 Å². The first-order valence-corrected chi connectivity index (χ1v) is 7.01. The quantitative estimate of drug-likeness (QED) is 0.808. The Morgan fingerprint density at radius 2 is 2.05 bits per heavy atom. The van der Waals surface area contributed by atoms with E-state index in [4.69, 9.17) is 0 Å². The first kappa shape index (κ1) is 13.8. The van der Waals surface area contributed by atoms with Crippen molar-refractivity contribution in [3.8, 4) is 0 Å². The zero-order valence-corrected chi connectivity index (χ0v) is 11.7. The molecule has 2 rings (SSSR count). The Labute approximate surface area is 114 Å². The lowest BCUT2D eigenvalue weighted by atomic mass is 10.1. The van der Waals surface area contributed by atoms with Crippen LogP contribution < -0.4 is 10.9 Å². The molecule has 102 valence electrons. The summed E-state index contributed by atoms with van der Waals surface area (Å²) in [7, 11) is 0. The summed E-state index contributed by atoms with van der Waals surface area (Å²) in [5.74, 6) is 0.449. The zero-order chi connectivity index (χ0) is 13.7. The van der Waals surface area contributed by atoms with Gasteiger partial charge in [0.25, 0.3) is 5.56 Å². The Hall–Kier alpha value is -1.61. The van der Waals surface area contributed by atoms with Crippen LogP contribution in [0.5, 0.6) is 0 Å². The maximum Gasteiger partial charge on any atom is 0.258 e. The lowest BCUT2D eigenvalue weighted by Gasteiger charge is -2.14. The molecule has 1 heterocycles. The van der Waals surface area contributed by atoms with Crippen LogP contribution in [0.3, 0.4) is 0 Å². The van der Waals surface area contributed by atoms with Crippen molar-refractivity contribution in [1.29, 1.82) is 0 Å². The van der Waals surface area contributed by atoms with Gasteiger partial charge < -0.3 is 9.88 Å². The molecule has 0 fully saturated rings. The summed E-state index contributed by atoms with van der Waals surface area (Å²) in [6.45, 7) is 7.08. The fraction of sp³-hybridized carbons (Fsp3) is 0.438. The van der Waals surface area contributed by atoms with E-state index in [0.717, 1.165) is 36.8 Å². The van der Waals surface area contributed by atoms with Crippen molar-refractivity contribution < 1.29 is 0 Å². The van der Waals surface area contributed by atoms with Crippen LogP contribution in [-0.2, 0) is 6.54 Å². The average molecular weight is 258 g/mol.